The molecule has 1 aliphatic heterocycles. The van der Waals surface area contributed by atoms with Gasteiger partial charge in [0.05, 0.1) is 6.42 Å². The van der Waals surface area contributed by atoms with E-state index in [1.165, 1.54) is 12.1 Å². The van der Waals surface area contributed by atoms with Crippen molar-refractivity contribution in [1.82, 2.24) is 10.2 Å². The number of carbonyl (C=O) groups is 2. The molecule has 1 saturated carbocycles. The number of hydrogen-bond acceptors (Lipinski definition) is 2. The Morgan fingerprint density at radius 1 is 1.07 bits per heavy atom. The lowest BCUT2D eigenvalue weighted by atomic mass is 9.92. The van der Waals surface area contributed by atoms with Gasteiger partial charge in [-0.1, -0.05) is 30.3 Å². The SMILES string of the molecule is O=C(NC1CC12CCN(C(=O)Cc1cccc(F)c1)CC2)c1ccccc1. The average molecular weight is 366 g/mol. The highest BCUT2D eigenvalue weighted by molar-refractivity contribution is 5.94. The van der Waals surface area contributed by atoms with Gasteiger partial charge in [0.15, 0.2) is 0 Å². The summed E-state index contributed by atoms with van der Waals surface area (Å²) in [5, 5.41) is 3.14. The molecule has 1 saturated heterocycles. The topological polar surface area (TPSA) is 49.4 Å². The van der Waals surface area contributed by atoms with Gasteiger partial charge < -0.3 is 10.2 Å². The van der Waals surface area contributed by atoms with Gasteiger partial charge in [0.2, 0.25) is 5.91 Å². The molecule has 1 aliphatic carbocycles. The Kier molecular flexibility index (Phi) is 4.68. The molecule has 27 heavy (non-hydrogen) atoms. The Morgan fingerprint density at radius 3 is 2.52 bits per heavy atom. The number of amides is 2. The molecule has 2 amide bonds. The van der Waals surface area contributed by atoms with Crippen LogP contribution in [0.4, 0.5) is 4.39 Å². The van der Waals surface area contributed by atoms with Crippen molar-refractivity contribution in [2.24, 2.45) is 5.41 Å². The molecule has 2 aromatic rings. The van der Waals surface area contributed by atoms with Crippen molar-refractivity contribution in [3.05, 3.63) is 71.5 Å². The third kappa shape index (κ3) is 3.87. The van der Waals surface area contributed by atoms with Gasteiger partial charge in [-0.05, 0) is 54.5 Å². The molecule has 140 valence electrons. The zero-order valence-corrected chi connectivity index (χ0v) is 15.2. The molecule has 5 heteroatoms. The van der Waals surface area contributed by atoms with E-state index in [9.17, 15) is 14.0 Å². The molecule has 1 heterocycles. The molecule has 1 N–H and O–H groups in total. The van der Waals surface area contributed by atoms with Crippen LogP contribution in [0.15, 0.2) is 54.6 Å². The summed E-state index contributed by atoms with van der Waals surface area (Å²) in [5.41, 5.74) is 1.53. The molecule has 2 aromatic carbocycles. The first-order valence-electron chi connectivity index (χ1n) is 9.44. The van der Waals surface area contributed by atoms with Crippen LogP contribution in [0.5, 0.6) is 0 Å². The number of hydrogen-bond donors (Lipinski definition) is 1. The maximum Gasteiger partial charge on any atom is 0.251 e. The largest absolute Gasteiger partial charge is 0.349 e. The number of benzene rings is 2. The van der Waals surface area contributed by atoms with Crippen molar-refractivity contribution >= 4 is 11.8 Å². The molecule has 2 fully saturated rings. The van der Waals surface area contributed by atoms with Crippen LogP contribution in [-0.2, 0) is 11.2 Å². The van der Waals surface area contributed by atoms with Crippen molar-refractivity contribution in [2.45, 2.75) is 31.7 Å². The molecule has 1 unspecified atom stereocenters. The van der Waals surface area contributed by atoms with Gasteiger partial charge in [-0.15, -0.1) is 0 Å². The van der Waals surface area contributed by atoms with Gasteiger partial charge in [0.1, 0.15) is 5.82 Å². The minimum absolute atomic E-state index is 0.0258. The summed E-state index contributed by atoms with van der Waals surface area (Å²) in [4.78, 5) is 26.7. The summed E-state index contributed by atoms with van der Waals surface area (Å²) in [6, 6.07) is 15.7. The maximum atomic E-state index is 13.3. The Labute approximate surface area is 158 Å². The maximum absolute atomic E-state index is 13.3. The molecular weight excluding hydrogens is 343 g/mol. The quantitative estimate of drug-likeness (QED) is 0.904. The normalized spacial score (nSPS) is 20.3. The highest BCUT2D eigenvalue weighted by Gasteiger charge is 2.55. The second-order valence-electron chi connectivity index (χ2n) is 7.65. The summed E-state index contributed by atoms with van der Waals surface area (Å²) >= 11 is 0. The zero-order valence-electron chi connectivity index (χ0n) is 15.2. The van der Waals surface area contributed by atoms with E-state index in [2.05, 4.69) is 5.32 Å². The van der Waals surface area contributed by atoms with Crippen molar-refractivity contribution in [1.29, 1.82) is 0 Å². The summed E-state index contributed by atoms with van der Waals surface area (Å²) < 4.78 is 13.3. The van der Waals surface area contributed by atoms with Crippen molar-refractivity contribution in [3.63, 3.8) is 0 Å². The number of rotatable bonds is 4. The number of halogens is 1. The van der Waals surface area contributed by atoms with E-state index in [-0.39, 0.29) is 35.5 Å². The van der Waals surface area contributed by atoms with Crippen LogP contribution in [-0.4, -0.2) is 35.8 Å². The van der Waals surface area contributed by atoms with E-state index in [4.69, 9.17) is 0 Å². The summed E-state index contributed by atoms with van der Waals surface area (Å²) in [5.74, 6) is -0.295. The van der Waals surface area contributed by atoms with Crippen molar-refractivity contribution < 1.29 is 14.0 Å². The third-order valence-electron chi connectivity index (χ3n) is 5.89. The molecule has 0 radical (unpaired) electrons. The molecule has 0 aromatic heterocycles. The van der Waals surface area contributed by atoms with Gasteiger partial charge in [-0.3, -0.25) is 9.59 Å². The van der Waals surface area contributed by atoms with Gasteiger partial charge in [0.25, 0.3) is 5.91 Å². The van der Waals surface area contributed by atoms with E-state index >= 15 is 0 Å². The number of nitrogens with one attached hydrogen (secondary N) is 1. The number of piperidine rings is 1. The van der Waals surface area contributed by atoms with E-state index in [0.717, 1.165) is 19.3 Å². The first-order valence-corrected chi connectivity index (χ1v) is 9.44. The summed E-state index contributed by atoms with van der Waals surface area (Å²) in [7, 11) is 0. The van der Waals surface area contributed by atoms with Crippen LogP contribution in [0.2, 0.25) is 0 Å². The summed E-state index contributed by atoms with van der Waals surface area (Å²) in [6.45, 7) is 1.40. The second kappa shape index (κ2) is 7.14. The molecule has 1 atom stereocenters. The zero-order chi connectivity index (χ0) is 18.9. The van der Waals surface area contributed by atoms with Crippen LogP contribution in [0, 0.1) is 11.2 Å². The van der Waals surface area contributed by atoms with Gasteiger partial charge in [0, 0.05) is 24.7 Å². The predicted molar refractivity (Wildman–Crippen MR) is 101 cm³/mol. The molecule has 0 bridgehead atoms. The Morgan fingerprint density at radius 2 is 1.81 bits per heavy atom. The first-order chi connectivity index (χ1) is 13.1. The summed E-state index contributed by atoms with van der Waals surface area (Å²) in [6.07, 6.45) is 3.03. The van der Waals surface area contributed by atoms with Crippen molar-refractivity contribution in [3.8, 4) is 0 Å². The Hall–Kier alpha value is -2.69. The van der Waals surface area contributed by atoms with Crippen LogP contribution >= 0.6 is 0 Å². The number of nitrogens with zero attached hydrogens (tertiary/aromatic N) is 1. The Balaban J connectivity index is 1.28. The smallest absolute Gasteiger partial charge is 0.251 e. The minimum atomic E-state index is -0.312. The van der Waals surface area contributed by atoms with Crippen LogP contribution in [0.1, 0.15) is 35.2 Å². The van der Waals surface area contributed by atoms with Crippen LogP contribution < -0.4 is 5.32 Å². The number of likely N-dealkylation sites (tertiary alicyclic amines) is 1. The van der Waals surface area contributed by atoms with Crippen LogP contribution in [0.3, 0.4) is 0 Å². The lowest BCUT2D eigenvalue weighted by molar-refractivity contribution is -0.132. The second-order valence-corrected chi connectivity index (χ2v) is 7.65. The highest BCUT2D eigenvalue weighted by Crippen LogP contribution is 2.54. The van der Waals surface area contributed by atoms with E-state index < -0.39 is 0 Å². The van der Waals surface area contributed by atoms with E-state index in [0.29, 0.717) is 24.2 Å². The standard InChI is InChI=1S/C22H23FN2O2/c23-18-8-4-5-16(13-18)14-20(26)25-11-9-22(10-12-25)15-19(22)24-21(27)17-6-2-1-3-7-17/h1-8,13,19H,9-12,14-15H2,(H,24,27). The van der Waals surface area contributed by atoms with Crippen molar-refractivity contribution in [2.75, 3.05) is 13.1 Å². The van der Waals surface area contributed by atoms with Gasteiger partial charge >= 0.3 is 0 Å². The lowest BCUT2D eigenvalue weighted by Crippen LogP contribution is -2.42. The lowest BCUT2D eigenvalue weighted by Gasteiger charge is -2.33. The van der Waals surface area contributed by atoms with Gasteiger partial charge in [-0.25, -0.2) is 4.39 Å². The average Bonchev–Trinajstić information content (AvgIpc) is 3.33. The van der Waals surface area contributed by atoms with E-state index in [1.807, 2.05) is 35.2 Å². The number of carbonyl (C=O) groups excluding carboxylic acids is 2. The van der Waals surface area contributed by atoms with E-state index in [1.54, 1.807) is 12.1 Å². The fraction of sp³-hybridized carbons (Fsp3) is 0.364. The molecule has 4 nitrogen and oxygen atoms in total. The molecule has 2 aliphatic rings. The Bertz CT molecular complexity index is 844. The molecular formula is C22H23FN2O2. The minimum Gasteiger partial charge on any atom is -0.349 e. The first kappa shape index (κ1) is 17.7. The molecule has 4 rings (SSSR count). The van der Waals surface area contributed by atoms with Gasteiger partial charge in [-0.2, -0.15) is 0 Å². The third-order valence-corrected chi connectivity index (χ3v) is 5.89. The monoisotopic (exact) mass is 366 g/mol. The highest BCUT2D eigenvalue weighted by atomic mass is 19.1. The predicted octanol–water partition coefficient (Wildman–Crippen LogP) is 3.18. The fourth-order valence-electron chi connectivity index (χ4n) is 4.07. The fourth-order valence-corrected chi connectivity index (χ4v) is 4.07. The molecule has 1 spiro atoms. The van der Waals surface area contributed by atoms with Crippen LogP contribution in [0.25, 0.3) is 0 Å².